The van der Waals surface area contributed by atoms with Crippen molar-refractivity contribution in [3.63, 3.8) is 0 Å². The van der Waals surface area contributed by atoms with E-state index in [9.17, 15) is 52.0 Å². The topological polar surface area (TPSA) is 300 Å². The lowest BCUT2D eigenvalue weighted by Gasteiger charge is -2.27. The van der Waals surface area contributed by atoms with Crippen molar-refractivity contribution < 1.29 is 75.8 Å². The van der Waals surface area contributed by atoms with Crippen LogP contribution in [0.5, 0.6) is 5.75 Å². The number of amides is 4. The molecule has 464 valence electrons. The van der Waals surface area contributed by atoms with Gasteiger partial charge in [-0.3, -0.25) is 18.9 Å². The molecule has 3 aromatic rings. The first-order chi connectivity index (χ1) is 41.0. The minimum atomic E-state index is -4.48. The number of carbonyl (C=O) groups is 6. The Kier molecular flexibility index (Phi) is 25.2. The van der Waals surface area contributed by atoms with E-state index in [4.69, 9.17) is 26.2 Å². The van der Waals surface area contributed by atoms with Crippen LogP contribution in [0, 0.1) is 6.92 Å². The highest BCUT2D eigenvalue weighted by atomic mass is 32.2. The predicted molar refractivity (Wildman–Crippen MR) is 324 cm³/mol. The Labute approximate surface area is 504 Å². The van der Waals surface area contributed by atoms with Crippen LogP contribution in [-0.2, 0) is 54.4 Å². The number of hydrogen-bond donors (Lipinski definition) is 8. The van der Waals surface area contributed by atoms with Crippen molar-refractivity contribution in [3.8, 4) is 5.75 Å². The number of aliphatic carboxylic acids is 3. The van der Waals surface area contributed by atoms with Crippen molar-refractivity contribution >= 4 is 63.0 Å². The highest BCUT2D eigenvalue weighted by Crippen LogP contribution is 2.49. The molecule has 0 fully saturated rings. The van der Waals surface area contributed by atoms with Crippen molar-refractivity contribution in [2.45, 2.75) is 145 Å². The zero-order valence-electron chi connectivity index (χ0n) is 49.6. The first-order valence-corrected chi connectivity index (χ1v) is 30.8. The molecule has 3 aromatic carbocycles. The number of carbonyl (C=O) groups excluding carboxylic acids is 3. The van der Waals surface area contributed by atoms with Gasteiger partial charge in [0.1, 0.15) is 36.7 Å². The maximum Gasteiger partial charge on any atom is 0.326 e. The second-order valence-electron chi connectivity index (χ2n) is 22.5. The van der Waals surface area contributed by atoms with E-state index < -0.39 is 63.9 Å². The fourth-order valence-corrected chi connectivity index (χ4v) is 11.4. The molecule has 0 saturated carbocycles. The van der Waals surface area contributed by atoms with Gasteiger partial charge in [-0.1, -0.05) is 62.7 Å². The van der Waals surface area contributed by atoms with Crippen molar-refractivity contribution in [2.75, 3.05) is 57.5 Å². The lowest BCUT2D eigenvalue weighted by molar-refractivity contribution is -0.438. The molecular weight excluding hydrogens is 1120 g/mol. The summed E-state index contributed by atoms with van der Waals surface area (Å²) in [6, 6.07) is 19.1. The van der Waals surface area contributed by atoms with Crippen LogP contribution in [0.3, 0.4) is 0 Å². The summed E-state index contributed by atoms with van der Waals surface area (Å²) in [5.74, 6) is -3.07. The van der Waals surface area contributed by atoms with E-state index in [0.717, 1.165) is 84.7 Å². The van der Waals surface area contributed by atoms with Crippen LogP contribution in [0.4, 0.5) is 16.2 Å². The fourth-order valence-electron chi connectivity index (χ4n) is 10.9. The molecule has 1 aliphatic carbocycles. The molecule has 6 rings (SSSR count). The molecular formula is C64H83N6O15S+. The number of fused-ring (bicyclic) bond motifs is 2. The minimum absolute atomic E-state index is 0.0143. The summed E-state index contributed by atoms with van der Waals surface area (Å²) < 4.78 is 55.1. The largest absolute Gasteiger partial charge is 0.481 e. The molecule has 0 aromatic heterocycles. The third kappa shape index (κ3) is 19.2. The molecule has 4 amide bonds. The second kappa shape index (κ2) is 32.2. The van der Waals surface area contributed by atoms with E-state index in [1.807, 2.05) is 30.3 Å². The molecule has 0 spiro atoms. The van der Waals surface area contributed by atoms with E-state index >= 15 is 0 Å². The summed E-state index contributed by atoms with van der Waals surface area (Å²) in [6.45, 7) is 16.8. The van der Waals surface area contributed by atoms with Gasteiger partial charge in [-0.25, -0.2) is 14.4 Å². The van der Waals surface area contributed by atoms with Crippen LogP contribution in [0.2, 0.25) is 0 Å². The van der Waals surface area contributed by atoms with Gasteiger partial charge in [0, 0.05) is 73.4 Å². The molecule has 2 atom stereocenters. The first-order valence-electron chi connectivity index (χ1n) is 29.4. The Morgan fingerprint density at radius 3 is 2.13 bits per heavy atom. The standard InChI is InChI=1S/C64H82N6O15S/c1-6-7-37-69-52-25-14-13-23-48(52)63(2,3)54(69)32-27-44-19-18-20-45(59(44)85-46-21-10-8-11-22-46)28-33-55-64(4,5)49-42-47(86(80,81)82)29-31-53(49)70(55)38-17-9-12-26-56(71)66-36-39-83-40-41-84-43-57(72)65-35-16-15-24-50(60(75)76)67-62(79)68-51(61(77)78)30-34-58(73)74/h1,8,10-11,13-14,21-23,25,27-29,31-33,42,50-51H,6-7,9,12,15-20,24,26,30,34-41,43H2,2-5H3,(H7-,65,66,67,68,71,72,73,74,75,76,77,78,79,80,81,82)/p+1/t50-,51-/m0/s1. The molecule has 21 nitrogen and oxygen atoms in total. The van der Waals surface area contributed by atoms with Gasteiger partial charge in [-0.05, 0) is 144 Å². The Morgan fingerprint density at radius 1 is 0.721 bits per heavy atom. The normalized spacial score (nSPS) is 16.9. The Morgan fingerprint density at radius 2 is 1.42 bits per heavy atom. The number of rotatable bonds is 35. The van der Waals surface area contributed by atoms with E-state index in [1.165, 1.54) is 23.0 Å². The van der Waals surface area contributed by atoms with Crippen LogP contribution < -0.4 is 30.9 Å². The Hall–Kier alpha value is -7.66. The smallest absolute Gasteiger partial charge is 0.326 e. The van der Waals surface area contributed by atoms with Crippen molar-refractivity contribution in [1.29, 1.82) is 0 Å². The minimum Gasteiger partial charge on any atom is -0.481 e. The van der Waals surface area contributed by atoms with E-state index in [2.05, 4.69) is 107 Å². The van der Waals surface area contributed by atoms with Crippen molar-refractivity contribution in [1.82, 2.24) is 21.3 Å². The molecule has 3 aliphatic rings. The zero-order valence-corrected chi connectivity index (χ0v) is 50.4. The summed E-state index contributed by atoms with van der Waals surface area (Å²) in [7, 11) is -4.48. The molecule has 0 unspecified atom stereocenters. The lowest BCUT2D eigenvalue weighted by Crippen LogP contribution is -2.51. The number of allylic oxidation sites excluding steroid dienone is 7. The number of carboxylic acids is 3. The average Bonchev–Trinajstić information content (AvgIpc) is 4.06. The fraction of sp³-hybridized carbons (Fsp3) is 0.469. The summed E-state index contributed by atoms with van der Waals surface area (Å²) >= 11 is 0. The van der Waals surface area contributed by atoms with Gasteiger partial charge in [-0.2, -0.15) is 13.0 Å². The van der Waals surface area contributed by atoms with Gasteiger partial charge >= 0.3 is 23.9 Å². The van der Waals surface area contributed by atoms with Crippen LogP contribution in [0.15, 0.2) is 125 Å². The van der Waals surface area contributed by atoms with Crippen molar-refractivity contribution in [3.05, 3.63) is 138 Å². The monoisotopic (exact) mass is 1210 g/mol. The maximum absolute atomic E-state index is 12.8. The van der Waals surface area contributed by atoms with E-state index in [0.29, 0.717) is 38.6 Å². The van der Waals surface area contributed by atoms with Crippen LogP contribution >= 0.6 is 0 Å². The quantitative estimate of drug-likeness (QED) is 0.0155. The number of hydrogen-bond acceptors (Lipinski definition) is 12. The van der Waals surface area contributed by atoms with Gasteiger partial charge in [0.2, 0.25) is 17.5 Å². The Bertz CT molecular complexity index is 3170. The zero-order chi connectivity index (χ0) is 62.4. The molecule has 2 aliphatic heterocycles. The van der Waals surface area contributed by atoms with Gasteiger partial charge in [-0.15, -0.1) is 0 Å². The summed E-state index contributed by atoms with van der Waals surface area (Å²) in [4.78, 5) is 73.0. The molecule has 0 bridgehead atoms. The first kappa shape index (κ1) is 67.5. The summed E-state index contributed by atoms with van der Waals surface area (Å²) in [6.07, 6.45) is 14.8. The van der Waals surface area contributed by atoms with E-state index in [1.54, 1.807) is 12.1 Å². The molecule has 8 N–H and O–H groups in total. The van der Waals surface area contributed by atoms with Gasteiger partial charge in [0.05, 0.1) is 30.1 Å². The van der Waals surface area contributed by atoms with Crippen LogP contribution in [-0.4, -0.2) is 139 Å². The number of anilines is 1. The third-order valence-electron chi connectivity index (χ3n) is 15.4. The highest BCUT2D eigenvalue weighted by Gasteiger charge is 2.44. The molecule has 0 saturated heterocycles. The van der Waals surface area contributed by atoms with E-state index in [-0.39, 0.29) is 68.6 Å². The predicted octanol–water partition coefficient (Wildman–Crippen LogP) is 8.55. The number of urea groups is 1. The number of ether oxygens (including phenoxy) is 3. The molecule has 2 heterocycles. The number of nitrogens with zero attached hydrogens (tertiary/aromatic N) is 2. The Balaban J connectivity index is 0.977. The number of para-hydroxylation sites is 2. The lowest BCUT2D eigenvalue weighted by atomic mass is 9.81. The van der Waals surface area contributed by atoms with Gasteiger partial charge < -0.3 is 55.7 Å². The van der Waals surface area contributed by atoms with Gasteiger partial charge in [0.15, 0.2) is 5.71 Å². The van der Waals surface area contributed by atoms with Crippen molar-refractivity contribution in [2.24, 2.45) is 0 Å². The third-order valence-corrected chi connectivity index (χ3v) is 16.3. The second-order valence-corrected chi connectivity index (χ2v) is 23.9. The van der Waals surface area contributed by atoms with Crippen LogP contribution in [0.1, 0.15) is 129 Å². The number of nitrogens with one attached hydrogen (secondary N) is 4. The summed E-state index contributed by atoms with van der Waals surface area (Å²) in [5, 5.41) is 37.3. The number of carboxylic acid groups (broad SMARTS) is 3. The highest BCUT2D eigenvalue weighted by molar-refractivity contribution is 7.85. The average molecular weight is 1210 g/mol. The number of unbranched alkanes of at least 4 members (excludes halogenated alkanes) is 4. The SMILES string of the molecule is [CH]CCC[N+]1=C(/C=C/C2=C(Oc3ccccc3)C(=C/C=C3/N(CCCCCC(=O)NCCOCCOCC(=O)NCCCC[C@H](NC(=O)N[C@@H](CCC(=O)O)C(=O)O)C(=O)O)c4ccc(S(=O)(=O)O)cc4C3(C)C)/CCC2)C(C)(C)c2ccccc21. The number of benzene rings is 3. The van der Waals surface area contributed by atoms with Crippen LogP contribution in [0.25, 0.3) is 0 Å². The molecule has 22 heteroatoms. The molecule has 2 radical (unpaired) electrons. The molecule has 86 heavy (non-hydrogen) atoms. The van der Waals surface area contributed by atoms with Gasteiger partial charge in [0.25, 0.3) is 10.1 Å². The maximum atomic E-state index is 12.8. The summed E-state index contributed by atoms with van der Waals surface area (Å²) in [5.41, 5.74) is 7.41.